The fourth-order valence-corrected chi connectivity index (χ4v) is 1.92. The summed E-state index contributed by atoms with van der Waals surface area (Å²) in [5.74, 6) is -0.428. The van der Waals surface area contributed by atoms with Crippen molar-refractivity contribution in [2.75, 3.05) is 26.7 Å². The maximum Gasteiger partial charge on any atom is 0.323 e. The summed E-state index contributed by atoms with van der Waals surface area (Å²) in [5, 5.41) is 8.85. The number of hydrogen-bond donors (Lipinski definition) is 1. The number of carboxylic acid groups (broad SMARTS) is 1. The van der Waals surface area contributed by atoms with Gasteiger partial charge >= 0.3 is 12.0 Å². The van der Waals surface area contributed by atoms with Crippen LogP contribution in [0.1, 0.15) is 39.0 Å². The van der Waals surface area contributed by atoms with Crippen LogP contribution in [0.25, 0.3) is 0 Å². The molecule has 104 valence electrons. The van der Waals surface area contributed by atoms with Gasteiger partial charge in [-0.25, -0.2) is 4.79 Å². The van der Waals surface area contributed by atoms with Crippen LogP contribution in [0, 0.1) is 5.92 Å². The van der Waals surface area contributed by atoms with E-state index in [1.54, 1.807) is 11.9 Å². The van der Waals surface area contributed by atoms with E-state index in [0.29, 0.717) is 19.0 Å². The molecule has 1 fully saturated rings. The summed E-state index contributed by atoms with van der Waals surface area (Å²) in [6.45, 7) is 3.22. The molecule has 5 nitrogen and oxygen atoms in total. The predicted octanol–water partition coefficient (Wildman–Crippen LogP) is 2.02. The van der Waals surface area contributed by atoms with Crippen LogP contribution < -0.4 is 0 Å². The standard InChI is InChI=1S/C13H24N2O3/c1-3-4-5-8-14(2)13(18)15(10-12(16)17)9-11-6-7-11/h11H,3-10H2,1-2H3,(H,16,17). The van der Waals surface area contributed by atoms with Crippen molar-refractivity contribution in [3.05, 3.63) is 0 Å². The molecule has 0 radical (unpaired) electrons. The molecule has 0 heterocycles. The molecule has 18 heavy (non-hydrogen) atoms. The second-order valence-corrected chi connectivity index (χ2v) is 5.13. The van der Waals surface area contributed by atoms with Crippen LogP contribution in [-0.2, 0) is 4.79 Å². The number of unbranched alkanes of at least 4 members (excludes halogenated alkanes) is 2. The van der Waals surface area contributed by atoms with Gasteiger partial charge in [0, 0.05) is 20.1 Å². The smallest absolute Gasteiger partial charge is 0.323 e. The molecule has 1 N–H and O–H groups in total. The summed E-state index contributed by atoms with van der Waals surface area (Å²) in [6.07, 6.45) is 5.41. The van der Waals surface area contributed by atoms with Gasteiger partial charge in [0.05, 0.1) is 0 Å². The molecule has 1 aliphatic rings. The Bertz CT molecular complexity index is 290. The van der Waals surface area contributed by atoms with E-state index >= 15 is 0 Å². The van der Waals surface area contributed by atoms with Gasteiger partial charge in [0.25, 0.3) is 0 Å². The van der Waals surface area contributed by atoms with Crippen molar-refractivity contribution < 1.29 is 14.7 Å². The first-order valence-corrected chi connectivity index (χ1v) is 6.76. The zero-order chi connectivity index (χ0) is 13.5. The predicted molar refractivity (Wildman–Crippen MR) is 69.5 cm³/mol. The van der Waals surface area contributed by atoms with Crippen molar-refractivity contribution >= 4 is 12.0 Å². The van der Waals surface area contributed by atoms with Gasteiger partial charge in [0.2, 0.25) is 0 Å². The van der Waals surface area contributed by atoms with Gasteiger partial charge in [0.1, 0.15) is 6.54 Å². The number of amides is 2. The third-order valence-electron chi connectivity index (χ3n) is 3.20. The van der Waals surface area contributed by atoms with Gasteiger partial charge < -0.3 is 14.9 Å². The van der Waals surface area contributed by atoms with Crippen LogP contribution in [0.4, 0.5) is 4.79 Å². The Kier molecular flexibility index (Phi) is 5.95. The number of rotatable bonds is 8. The third kappa shape index (κ3) is 5.38. The lowest BCUT2D eigenvalue weighted by molar-refractivity contribution is -0.137. The van der Waals surface area contributed by atoms with Gasteiger partial charge in [-0.1, -0.05) is 19.8 Å². The molecule has 0 aromatic heterocycles. The highest BCUT2D eigenvalue weighted by Gasteiger charge is 2.29. The molecule has 0 atom stereocenters. The summed E-state index contributed by atoms with van der Waals surface area (Å²) in [4.78, 5) is 26.0. The first-order chi connectivity index (χ1) is 8.54. The average molecular weight is 256 g/mol. The molecule has 0 aromatic carbocycles. The zero-order valence-electron chi connectivity index (χ0n) is 11.4. The maximum absolute atomic E-state index is 12.1. The van der Waals surface area contributed by atoms with E-state index in [0.717, 1.165) is 32.1 Å². The minimum atomic E-state index is -0.939. The first kappa shape index (κ1) is 14.8. The normalized spacial score (nSPS) is 14.3. The largest absolute Gasteiger partial charge is 0.480 e. The minimum absolute atomic E-state index is 0.152. The van der Waals surface area contributed by atoms with Crippen LogP contribution in [0.15, 0.2) is 0 Å². The fourth-order valence-electron chi connectivity index (χ4n) is 1.92. The van der Waals surface area contributed by atoms with Crippen molar-refractivity contribution in [3.63, 3.8) is 0 Å². The molecular formula is C13H24N2O3. The highest BCUT2D eigenvalue weighted by molar-refractivity contribution is 5.80. The molecule has 0 aliphatic heterocycles. The lowest BCUT2D eigenvalue weighted by Gasteiger charge is -2.27. The Labute approximate surface area is 109 Å². The number of urea groups is 1. The number of aliphatic carboxylic acids is 1. The molecule has 0 unspecified atom stereocenters. The van der Waals surface area contributed by atoms with E-state index in [2.05, 4.69) is 6.92 Å². The van der Waals surface area contributed by atoms with Crippen molar-refractivity contribution in [2.45, 2.75) is 39.0 Å². The van der Waals surface area contributed by atoms with Crippen molar-refractivity contribution in [2.24, 2.45) is 5.92 Å². The summed E-state index contributed by atoms with van der Waals surface area (Å²) in [6, 6.07) is -0.152. The van der Waals surface area contributed by atoms with Gasteiger partial charge in [-0.3, -0.25) is 4.79 Å². The van der Waals surface area contributed by atoms with E-state index < -0.39 is 5.97 Å². The van der Waals surface area contributed by atoms with Crippen LogP contribution in [0.5, 0.6) is 0 Å². The molecule has 0 saturated heterocycles. The Balaban J connectivity index is 2.42. The van der Waals surface area contributed by atoms with E-state index in [1.165, 1.54) is 4.90 Å². The van der Waals surface area contributed by atoms with E-state index in [-0.39, 0.29) is 12.6 Å². The zero-order valence-corrected chi connectivity index (χ0v) is 11.4. The molecule has 5 heteroatoms. The van der Waals surface area contributed by atoms with E-state index in [1.807, 2.05) is 0 Å². The summed E-state index contributed by atoms with van der Waals surface area (Å²) >= 11 is 0. The lowest BCUT2D eigenvalue weighted by Crippen LogP contribution is -2.45. The number of nitrogens with zero attached hydrogens (tertiary/aromatic N) is 2. The molecule has 0 bridgehead atoms. The average Bonchev–Trinajstić information content (AvgIpc) is 3.10. The quantitative estimate of drug-likeness (QED) is 0.676. The Morgan fingerprint density at radius 2 is 1.94 bits per heavy atom. The van der Waals surface area contributed by atoms with Crippen LogP contribution in [-0.4, -0.2) is 53.6 Å². The van der Waals surface area contributed by atoms with Crippen molar-refractivity contribution in [3.8, 4) is 0 Å². The van der Waals surface area contributed by atoms with E-state index in [9.17, 15) is 9.59 Å². The topological polar surface area (TPSA) is 60.9 Å². The molecule has 1 rings (SSSR count). The van der Waals surface area contributed by atoms with E-state index in [4.69, 9.17) is 5.11 Å². The van der Waals surface area contributed by atoms with Crippen molar-refractivity contribution in [1.29, 1.82) is 0 Å². The van der Waals surface area contributed by atoms with Crippen LogP contribution >= 0.6 is 0 Å². The van der Waals surface area contributed by atoms with Crippen molar-refractivity contribution in [1.82, 2.24) is 9.80 Å². The van der Waals surface area contributed by atoms with Gasteiger partial charge in [-0.05, 0) is 25.2 Å². The molecule has 1 aliphatic carbocycles. The van der Waals surface area contributed by atoms with Gasteiger partial charge in [-0.15, -0.1) is 0 Å². The molecule has 1 saturated carbocycles. The van der Waals surface area contributed by atoms with Crippen LogP contribution in [0.3, 0.4) is 0 Å². The number of carbonyl (C=O) groups excluding carboxylic acids is 1. The molecule has 0 aromatic rings. The van der Waals surface area contributed by atoms with Gasteiger partial charge in [-0.2, -0.15) is 0 Å². The maximum atomic E-state index is 12.1. The number of hydrogen-bond acceptors (Lipinski definition) is 2. The highest BCUT2D eigenvalue weighted by atomic mass is 16.4. The minimum Gasteiger partial charge on any atom is -0.480 e. The second-order valence-electron chi connectivity index (χ2n) is 5.13. The van der Waals surface area contributed by atoms with Crippen LogP contribution in [0.2, 0.25) is 0 Å². The Morgan fingerprint density at radius 3 is 2.44 bits per heavy atom. The highest BCUT2D eigenvalue weighted by Crippen LogP contribution is 2.29. The molecule has 2 amide bonds. The molecule has 0 spiro atoms. The monoisotopic (exact) mass is 256 g/mol. The lowest BCUT2D eigenvalue weighted by atomic mass is 10.2. The summed E-state index contributed by atoms with van der Waals surface area (Å²) < 4.78 is 0. The second kappa shape index (κ2) is 7.24. The molecular weight excluding hydrogens is 232 g/mol. The number of carbonyl (C=O) groups is 2. The fraction of sp³-hybridized carbons (Fsp3) is 0.846. The summed E-state index contributed by atoms with van der Waals surface area (Å²) in [7, 11) is 1.75. The third-order valence-corrected chi connectivity index (χ3v) is 3.20. The Morgan fingerprint density at radius 1 is 1.28 bits per heavy atom. The number of carboxylic acids is 1. The first-order valence-electron chi connectivity index (χ1n) is 6.76. The summed E-state index contributed by atoms with van der Waals surface area (Å²) in [5.41, 5.74) is 0. The van der Waals surface area contributed by atoms with Gasteiger partial charge in [0.15, 0.2) is 0 Å². The Hall–Kier alpha value is -1.26. The SMILES string of the molecule is CCCCCN(C)C(=O)N(CC(=O)O)CC1CC1.